The Bertz CT molecular complexity index is 402. The Balaban J connectivity index is 2.12. The SMILES string of the molecule is CCCc1ccc(C(=O)C2(C)CCNCC2)cc1. The van der Waals surface area contributed by atoms with Gasteiger partial charge in [-0.3, -0.25) is 4.79 Å². The average molecular weight is 245 g/mol. The van der Waals surface area contributed by atoms with E-state index in [4.69, 9.17) is 0 Å². The molecule has 0 atom stereocenters. The molecular weight excluding hydrogens is 222 g/mol. The predicted octanol–water partition coefficient (Wildman–Crippen LogP) is 3.21. The Morgan fingerprint density at radius 1 is 1.22 bits per heavy atom. The van der Waals surface area contributed by atoms with Crippen molar-refractivity contribution >= 4 is 5.78 Å². The van der Waals surface area contributed by atoms with E-state index in [1.54, 1.807) is 0 Å². The van der Waals surface area contributed by atoms with E-state index in [-0.39, 0.29) is 5.41 Å². The lowest BCUT2D eigenvalue weighted by Crippen LogP contribution is -2.40. The summed E-state index contributed by atoms with van der Waals surface area (Å²) in [6.45, 7) is 6.19. The number of rotatable bonds is 4. The van der Waals surface area contributed by atoms with Crippen LogP contribution in [0.15, 0.2) is 24.3 Å². The van der Waals surface area contributed by atoms with Crippen LogP contribution in [0.1, 0.15) is 49.0 Å². The molecule has 2 nitrogen and oxygen atoms in total. The van der Waals surface area contributed by atoms with E-state index in [0.717, 1.165) is 44.3 Å². The van der Waals surface area contributed by atoms with Crippen LogP contribution in [0, 0.1) is 5.41 Å². The summed E-state index contributed by atoms with van der Waals surface area (Å²) in [4.78, 5) is 12.6. The van der Waals surface area contributed by atoms with E-state index >= 15 is 0 Å². The third kappa shape index (κ3) is 2.81. The van der Waals surface area contributed by atoms with Crippen molar-refractivity contribution in [1.29, 1.82) is 0 Å². The molecule has 0 spiro atoms. The number of carbonyl (C=O) groups is 1. The van der Waals surface area contributed by atoms with Crippen LogP contribution in [-0.2, 0) is 6.42 Å². The van der Waals surface area contributed by atoms with E-state index in [1.165, 1.54) is 5.56 Å². The molecule has 98 valence electrons. The van der Waals surface area contributed by atoms with E-state index in [9.17, 15) is 4.79 Å². The highest BCUT2D eigenvalue weighted by atomic mass is 16.1. The maximum Gasteiger partial charge on any atom is 0.168 e. The summed E-state index contributed by atoms with van der Waals surface area (Å²) in [6, 6.07) is 8.20. The summed E-state index contributed by atoms with van der Waals surface area (Å²) < 4.78 is 0. The van der Waals surface area contributed by atoms with Crippen LogP contribution in [-0.4, -0.2) is 18.9 Å². The molecule has 1 aromatic rings. The van der Waals surface area contributed by atoms with Crippen molar-refractivity contribution in [1.82, 2.24) is 5.32 Å². The Kier molecular flexibility index (Phi) is 4.18. The van der Waals surface area contributed by atoms with Gasteiger partial charge >= 0.3 is 0 Å². The zero-order valence-electron chi connectivity index (χ0n) is 11.5. The number of aryl methyl sites for hydroxylation is 1. The van der Waals surface area contributed by atoms with Gasteiger partial charge in [-0.25, -0.2) is 0 Å². The second-order valence-electron chi connectivity index (χ2n) is 5.59. The van der Waals surface area contributed by atoms with Crippen molar-refractivity contribution in [3.8, 4) is 0 Å². The normalized spacial score (nSPS) is 18.6. The second kappa shape index (κ2) is 5.66. The zero-order valence-corrected chi connectivity index (χ0v) is 11.5. The van der Waals surface area contributed by atoms with Crippen molar-refractivity contribution in [2.75, 3.05) is 13.1 Å². The van der Waals surface area contributed by atoms with Gasteiger partial charge in [-0.1, -0.05) is 44.5 Å². The van der Waals surface area contributed by atoms with Gasteiger partial charge < -0.3 is 5.32 Å². The first-order chi connectivity index (χ1) is 8.65. The third-order valence-electron chi connectivity index (χ3n) is 4.01. The summed E-state index contributed by atoms with van der Waals surface area (Å²) in [5, 5.41) is 3.32. The van der Waals surface area contributed by atoms with Gasteiger partial charge in [0.2, 0.25) is 0 Å². The van der Waals surface area contributed by atoms with Crippen LogP contribution < -0.4 is 5.32 Å². The lowest BCUT2D eigenvalue weighted by molar-refractivity contribution is 0.0762. The lowest BCUT2D eigenvalue weighted by atomic mass is 9.75. The highest BCUT2D eigenvalue weighted by Gasteiger charge is 2.34. The molecule has 0 aromatic heterocycles. The number of piperidine rings is 1. The molecule has 2 rings (SSSR count). The van der Waals surface area contributed by atoms with Crippen molar-refractivity contribution in [2.45, 2.75) is 39.5 Å². The minimum atomic E-state index is -0.169. The van der Waals surface area contributed by atoms with Gasteiger partial charge in [0.25, 0.3) is 0 Å². The summed E-state index contributed by atoms with van der Waals surface area (Å²) in [6.07, 6.45) is 4.14. The summed E-state index contributed by atoms with van der Waals surface area (Å²) in [7, 11) is 0. The van der Waals surface area contributed by atoms with Crippen LogP contribution in [0.4, 0.5) is 0 Å². The molecule has 1 aliphatic heterocycles. The first kappa shape index (κ1) is 13.3. The van der Waals surface area contributed by atoms with Crippen molar-refractivity contribution in [3.63, 3.8) is 0 Å². The molecule has 1 aromatic carbocycles. The van der Waals surface area contributed by atoms with E-state index in [2.05, 4.69) is 31.3 Å². The maximum absolute atomic E-state index is 12.6. The minimum absolute atomic E-state index is 0.169. The van der Waals surface area contributed by atoms with Crippen LogP contribution >= 0.6 is 0 Å². The molecule has 0 unspecified atom stereocenters. The topological polar surface area (TPSA) is 29.1 Å². The number of benzene rings is 1. The molecule has 0 saturated carbocycles. The number of nitrogens with one attached hydrogen (secondary N) is 1. The highest BCUT2D eigenvalue weighted by Crippen LogP contribution is 2.32. The van der Waals surface area contributed by atoms with Crippen LogP contribution in [0.2, 0.25) is 0 Å². The minimum Gasteiger partial charge on any atom is -0.317 e. The fraction of sp³-hybridized carbons (Fsp3) is 0.562. The number of hydrogen-bond donors (Lipinski definition) is 1. The average Bonchev–Trinajstić information content (AvgIpc) is 2.40. The molecular formula is C16H23NO. The molecule has 1 heterocycles. The van der Waals surface area contributed by atoms with Crippen molar-refractivity contribution < 1.29 is 4.79 Å². The Hall–Kier alpha value is -1.15. The second-order valence-corrected chi connectivity index (χ2v) is 5.59. The monoisotopic (exact) mass is 245 g/mol. The van der Waals surface area contributed by atoms with Gasteiger partial charge in [0, 0.05) is 11.0 Å². The summed E-state index contributed by atoms with van der Waals surface area (Å²) >= 11 is 0. The van der Waals surface area contributed by atoms with Gasteiger partial charge in [0.05, 0.1) is 0 Å². The smallest absolute Gasteiger partial charge is 0.168 e. The van der Waals surface area contributed by atoms with E-state index in [0.29, 0.717) is 5.78 Å². The van der Waals surface area contributed by atoms with Gasteiger partial charge in [-0.2, -0.15) is 0 Å². The van der Waals surface area contributed by atoms with Crippen LogP contribution in [0.25, 0.3) is 0 Å². The van der Waals surface area contributed by atoms with Crippen LogP contribution in [0.5, 0.6) is 0 Å². The molecule has 1 N–H and O–H groups in total. The van der Waals surface area contributed by atoms with Gasteiger partial charge in [0.15, 0.2) is 5.78 Å². The number of hydrogen-bond acceptors (Lipinski definition) is 2. The van der Waals surface area contributed by atoms with Gasteiger partial charge in [-0.15, -0.1) is 0 Å². The number of carbonyl (C=O) groups excluding carboxylic acids is 1. The molecule has 1 aliphatic rings. The standard InChI is InChI=1S/C16H23NO/c1-3-4-13-5-7-14(8-6-13)15(18)16(2)9-11-17-12-10-16/h5-8,17H,3-4,9-12H2,1-2H3. The molecule has 1 saturated heterocycles. The van der Waals surface area contributed by atoms with Crippen molar-refractivity contribution in [3.05, 3.63) is 35.4 Å². The molecule has 2 heteroatoms. The Labute approximate surface area is 110 Å². The largest absolute Gasteiger partial charge is 0.317 e. The first-order valence-electron chi connectivity index (χ1n) is 7.00. The van der Waals surface area contributed by atoms with Gasteiger partial charge in [-0.05, 0) is 37.9 Å². The van der Waals surface area contributed by atoms with Crippen LogP contribution in [0.3, 0.4) is 0 Å². The molecule has 0 bridgehead atoms. The number of ketones is 1. The Morgan fingerprint density at radius 3 is 2.39 bits per heavy atom. The van der Waals surface area contributed by atoms with Gasteiger partial charge in [0.1, 0.15) is 0 Å². The first-order valence-corrected chi connectivity index (χ1v) is 7.00. The van der Waals surface area contributed by atoms with E-state index in [1.807, 2.05) is 12.1 Å². The summed E-state index contributed by atoms with van der Waals surface area (Å²) in [5.74, 6) is 0.312. The molecule has 1 fully saturated rings. The fourth-order valence-electron chi connectivity index (χ4n) is 2.67. The summed E-state index contributed by atoms with van der Waals surface area (Å²) in [5.41, 5.74) is 2.03. The third-order valence-corrected chi connectivity index (χ3v) is 4.01. The zero-order chi connectivity index (χ0) is 13.0. The lowest BCUT2D eigenvalue weighted by Gasteiger charge is -2.32. The predicted molar refractivity (Wildman–Crippen MR) is 75.0 cm³/mol. The quantitative estimate of drug-likeness (QED) is 0.825. The highest BCUT2D eigenvalue weighted by molar-refractivity contribution is 6.00. The molecule has 0 aliphatic carbocycles. The van der Waals surface area contributed by atoms with E-state index < -0.39 is 0 Å². The molecule has 0 radical (unpaired) electrons. The number of Topliss-reactive ketones (excluding diaryl/α,β-unsaturated/α-hetero) is 1. The van der Waals surface area contributed by atoms with Crippen molar-refractivity contribution in [2.24, 2.45) is 5.41 Å². The maximum atomic E-state index is 12.6. The Morgan fingerprint density at radius 2 is 1.83 bits per heavy atom. The molecule has 0 amide bonds. The fourth-order valence-corrected chi connectivity index (χ4v) is 2.67. The molecule has 18 heavy (non-hydrogen) atoms.